The fraction of sp³-hybridized carbons (Fsp3) is 0.357. The second kappa shape index (κ2) is 6.75. The number of thiazole rings is 1. The summed E-state index contributed by atoms with van der Waals surface area (Å²) < 4.78 is 12.8. The summed E-state index contributed by atoms with van der Waals surface area (Å²) in [7, 11) is 0. The Morgan fingerprint density at radius 1 is 1.37 bits per heavy atom. The molecule has 0 spiro atoms. The molecular weight excluding hydrogens is 263 g/mol. The van der Waals surface area contributed by atoms with Gasteiger partial charge in [0.2, 0.25) is 0 Å². The van der Waals surface area contributed by atoms with Crippen molar-refractivity contribution in [1.82, 2.24) is 10.3 Å². The average Bonchev–Trinajstić information content (AvgIpc) is 2.84. The summed E-state index contributed by atoms with van der Waals surface area (Å²) in [5.41, 5.74) is 1.82. The molecular formula is C14H17FN2OS. The predicted octanol–water partition coefficient (Wildman–Crippen LogP) is 2.46. The fourth-order valence-corrected chi connectivity index (χ4v) is 2.49. The van der Waals surface area contributed by atoms with E-state index >= 15 is 0 Å². The normalized spacial score (nSPS) is 12.6. The second-order valence-corrected chi connectivity index (χ2v) is 5.38. The van der Waals surface area contributed by atoms with Crippen molar-refractivity contribution in [3.63, 3.8) is 0 Å². The lowest BCUT2D eigenvalue weighted by Gasteiger charge is -2.04. The van der Waals surface area contributed by atoms with Gasteiger partial charge >= 0.3 is 0 Å². The van der Waals surface area contributed by atoms with Crippen molar-refractivity contribution in [2.45, 2.75) is 19.4 Å². The smallest absolute Gasteiger partial charge is 0.123 e. The van der Waals surface area contributed by atoms with Gasteiger partial charge in [-0.2, -0.15) is 0 Å². The molecule has 1 aromatic carbocycles. The molecule has 0 bridgehead atoms. The molecule has 0 amide bonds. The Hall–Kier alpha value is -1.30. The lowest BCUT2D eigenvalue weighted by atomic mass is 10.2. The minimum Gasteiger partial charge on any atom is -0.392 e. The van der Waals surface area contributed by atoms with E-state index in [1.165, 1.54) is 12.1 Å². The van der Waals surface area contributed by atoms with Gasteiger partial charge in [0.05, 0.1) is 16.8 Å². The van der Waals surface area contributed by atoms with Crippen LogP contribution in [0.5, 0.6) is 0 Å². The predicted molar refractivity (Wildman–Crippen MR) is 75.8 cm³/mol. The molecule has 102 valence electrons. The first-order valence-electron chi connectivity index (χ1n) is 6.24. The number of halogens is 1. The number of nitrogens with zero attached hydrogens (tertiary/aromatic N) is 1. The molecule has 2 N–H and O–H groups in total. The highest BCUT2D eigenvalue weighted by Gasteiger charge is 2.05. The van der Waals surface area contributed by atoms with E-state index in [0.717, 1.165) is 29.2 Å². The van der Waals surface area contributed by atoms with Crippen LogP contribution in [0.3, 0.4) is 0 Å². The lowest BCUT2D eigenvalue weighted by molar-refractivity contribution is 0.191. The van der Waals surface area contributed by atoms with E-state index in [-0.39, 0.29) is 11.9 Å². The Bertz CT molecular complexity index is 510. The van der Waals surface area contributed by atoms with Gasteiger partial charge in [-0.3, -0.25) is 0 Å². The van der Waals surface area contributed by atoms with Crippen LogP contribution in [0.15, 0.2) is 29.6 Å². The monoisotopic (exact) mass is 280 g/mol. The zero-order valence-corrected chi connectivity index (χ0v) is 11.6. The van der Waals surface area contributed by atoms with Crippen LogP contribution >= 0.6 is 11.3 Å². The molecule has 19 heavy (non-hydrogen) atoms. The van der Waals surface area contributed by atoms with Crippen LogP contribution in [0.4, 0.5) is 4.39 Å². The van der Waals surface area contributed by atoms with E-state index in [4.69, 9.17) is 5.11 Å². The SMILES string of the molecule is CC(O)CNCCc1nc(-c2ccc(F)cc2)cs1. The first kappa shape index (κ1) is 14.1. The maximum atomic E-state index is 12.8. The van der Waals surface area contributed by atoms with Gasteiger partial charge in [-0.1, -0.05) is 0 Å². The number of aliphatic hydroxyl groups is 1. The minimum atomic E-state index is -0.328. The Morgan fingerprint density at radius 2 is 2.11 bits per heavy atom. The highest BCUT2D eigenvalue weighted by Crippen LogP contribution is 2.22. The number of benzene rings is 1. The van der Waals surface area contributed by atoms with Crippen LogP contribution in [0.1, 0.15) is 11.9 Å². The zero-order chi connectivity index (χ0) is 13.7. The molecule has 0 aliphatic heterocycles. The van der Waals surface area contributed by atoms with Crippen molar-refractivity contribution in [2.75, 3.05) is 13.1 Å². The number of aliphatic hydroxyl groups excluding tert-OH is 1. The summed E-state index contributed by atoms with van der Waals surface area (Å²) in [5.74, 6) is -0.235. The van der Waals surface area contributed by atoms with E-state index in [1.807, 2.05) is 5.38 Å². The highest BCUT2D eigenvalue weighted by atomic mass is 32.1. The molecule has 0 saturated carbocycles. The molecule has 1 atom stereocenters. The topological polar surface area (TPSA) is 45.1 Å². The fourth-order valence-electron chi connectivity index (χ4n) is 1.69. The van der Waals surface area contributed by atoms with Crippen LogP contribution in [-0.4, -0.2) is 29.3 Å². The summed E-state index contributed by atoms with van der Waals surface area (Å²) in [6.07, 6.45) is 0.504. The van der Waals surface area contributed by atoms with Gasteiger partial charge < -0.3 is 10.4 Å². The first-order valence-corrected chi connectivity index (χ1v) is 7.12. The van der Waals surface area contributed by atoms with Crippen molar-refractivity contribution in [1.29, 1.82) is 0 Å². The average molecular weight is 280 g/mol. The van der Waals surface area contributed by atoms with Gasteiger partial charge in [-0.25, -0.2) is 9.37 Å². The van der Waals surface area contributed by atoms with Gasteiger partial charge in [0.1, 0.15) is 5.82 Å². The number of hydrogen-bond acceptors (Lipinski definition) is 4. The van der Waals surface area contributed by atoms with Gasteiger partial charge in [0.15, 0.2) is 0 Å². The third-order valence-corrected chi connectivity index (χ3v) is 3.56. The molecule has 2 aromatic rings. The molecule has 5 heteroatoms. The molecule has 3 nitrogen and oxygen atoms in total. The van der Waals surface area contributed by atoms with E-state index in [2.05, 4.69) is 10.3 Å². The van der Waals surface area contributed by atoms with Crippen molar-refractivity contribution in [3.8, 4) is 11.3 Å². The van der Waals surface area contributed by atoms with Crippen LogP contribution in [0.25, 0.3) is 11.3 Å². The molecule has 1 aromatic heterocycles. The Balaban J connectivity index is 1.90. The Kier molecular flexibility index (Phi) is 5.01. The molecule has 0 aliphatic carbocycles. The van der Waals surface area contributed by atoms with E-state index < -0.39 is 0 Å². The molecule has 0 radical (unpaired) electrons. The number of aromatic nitrogens is 1. The van der Waals surface area contributed by atoms with E-state index in [0.29, 0.717) is 6.54 Å². The third kappa shape index (κ3) is 4.38. The largest absolute Gasteiger partial charge is 0.392 e. The minimum absolute atomic E-state index is 0.235. The Morgan fingerprint density at radius 3 is 2.79 bits per heavy atom. The second-order valence-electron chi connectivity index (χ2n) is 4.44. The Labute approximate surface area is 116 Å². The highest BCUT2D eigenvalue weighted by molar-refractivity contribution is 7.09. The number of hydrogen-bond donors (Lipinski definition) is 2. The molecule has 0 aliphatic rings. The van der Waals surface area contributed by atoms with Gasteiger partial charge in [-0.05, 0) is 31.2 Å². The van der Waals surface area contributed by atoms with Crippen molar-refractivity contribution in [3.05, 3.63) is 40.5 Å². The van der Waals surface area contributed by atoms with Crippen molar-refractivity contribution < 1.29 is 9.50 Å². The van der Waals surface area contributed by atoms with Crippen LogP contribution in [-0.2, 0) is 6.42 Å². The maximum absolute atomic E-state index is 12.8. The summed E-state index contributed by atoms with van der Waals surface area (Å²) >= 11 is 1.60. The summed E-state index contributed by atoms with van der Waals surface area (Å²) in [5, 5.41) is 15.3. The van der Waals surface area contributed by atoms with Crippen molar-refractivity contribution >= 4 is 11.3 Å². The molecule has 2 rings (SSSR count). The summed E-state index contributed by atoms with van der Waals surface area (Å²) in [6, 6.07) is 6.36. The third-order valence-electron chi connectivity index (χ3n) is 2.65. The van der Waals surface area contributed by atoms with E-state index in [1.54, 1.807) is 30.4 Å². The molecule has 1 unspecified atom stereocenters. The van der Waals surface area contributed by atoms with E-state index in [9.17, 15) is 4.39 Å². The zero-order valence-electron chi connectivity index (χ0n) is 10.8. The number of rotatable bonds is 6. The van der Waals surface area contributed by atoms with Gasteiger partial charge in [0.25, 0.3) is 0 Å². The molecule has 0 saturated heterocycles. The van der Waals surface area contributed by atoms with Crippen molar-refractivity contribution in [2.24, 2.45) is 0 Å². The van der Waals surface area contributed by atoms with Gasteiger partial charge in [-0.15, -0.1) is 11.3 Å². The quantitative estimate of drug-likeness (QED) is 0.799. The van der Waals surface area contributed by atoms with Crippen LogP contribution in [0, 0.1) is 5.82 Å². The molecule has 1 heterocycles. The first-order chi connectivity index (χ1) is 9.15. The van der Waals surface area contributed by atoms with Gasteiger partial charge in [0, 0.05) is 30.5 Å². The molecule has 0 fully saturated rings. The lowest BCUT2D eigenvalue weighted by Crippen LogP contribution is -2.26. The van der Waals surface area contributed by atoms with Crippen LogP contribution in [0.2, 0.25) is 0 Å². The summed E-state index contributed by atoms with van der Waals surface area (Å²) in [4.78, 5) is 4.52. The number of nitrogens with one attached hydrogen (secondary N) is 1. The maximum Gasteiger partial charge on any atom is 0.123 e. The van der Waals surface area contributed by atoms with Crippen LogP contribution < -0.4 is 5.32 Å². The summed E-state index contributed by atoms with van der Waals surface area (Å²) in [6.45, 7) is 3.14. The standard InChI is InChI=1S/C14H17FN2OS/c1-10(18)8-16-7-6-14-17-13(9-19-14)11-2-4-12(15)5-3-11/h2-5,9-10,16,18H,6-8H2,1H3.